The number of aromatic nitrogens is 1. The second kappa shape index (κ2) is 5.40. The highest BCUT2D eigenvalue weighted by Crippen LogP contribution is 2.64. The minimum atomic E-state index is -4.55. The van der Waals surface area contributed by atoms with Crippen LogP contribution in [-0.4, -0.2) is 9.54 Å². The largest absolute Gasteiger partial charge is 0.419 e. The maximum atomic E-state index is 13.3. The van der Waals surface area contributed by atoms with Crippen LogP contribution in [-0.2, 0) is 11.9 Å². The van der Waals surface area contributed by atoms with Crippen molar-refractivity contribution in [3.63, 3.8) is 0 Å². The molecule has 0 bridgehead atoms. The molecule has 7 heteroatoms. The van der Waals surface area contributed by atoms with E-state index in [-0.39, 0.29) is 10.6 Å². The first-order chi connectivity index (χ1) is 10.3. The lowest BCUT2D eigenvalue weighted by Gasteiger charge is -2.31. The average Bonchev–Trinajstić information content (AvgIpc) is 2.78. The molecule has 22 heavy (non-hydrogen) atoms. The molecule has 2 nitrogen and oxygen atoms in total. The summed E-state index contributed by atoms with van der Waals surface area (Å²) < 4.78 is 51.1. The first kappa shape index (κ1) is 15.6. The summed E-state index contributed by atoms with van der Waals surface area (Å²) in [5.74, 6) is 0.150. The fourth-order valence-corrected chi connectivity index (χ4v) is 5.51. The zero-order chi connectivity index (χ0) is 16.0. The van der Waals surface area contributed by atoms with Gasteiger partial charge in [-0.25, -0.2) is 4.98 Å². The minimum Gasteiger partial charge on any atom is -0.343 e. The Labute approximate surface area is 135 Å². The van der Waals surface area contributed by atoms with Crippen LogP contribution in [0.25, 0.3) is 6.08 Å². The van der Waals surface area contributed by atoms with Gasteiger partial charge in [-0.05, 0) is 33.0 Å². The Balaban J connectivity index is 2.13. The molecular weight excluding hydrogens is 379 g/mol. The molecule has 0 saturated carbocycles. The number of fused-ring (bicyclic) bond motifs is 1. The van der Waals surface area contributed by atoms with Gasteiger partial charge in [-0.3, -0.25) is 0 Å². The molecule has 1 aliphatic rings. The molecule has 0 saturated heterocycles. The minimum absolute atomic E-state index is 0.0641. The second-order valence-electron chi connectivity index (χ2n) is 4.89. The molecule has 2 heterocycles. The van der Waals surface area contributed by atoms with Crippen LogP contribution >= 0.6 is 26.2 Å². The first-order valence-corrected chi connectivity index (χ1v) is 8.94. The highest BCUT2D eigenvalue weighted by molar-refractivity contribution is 9.10. The number of alkyl halides is 3. The summed E-state index contributed by atoms with van der Waals surface area (Å²) in [6, 6.07) is 9.00. The van der Waals surface area contributed by atoms with Crippen molar-refractivity contribution in [3.8, 4) is 0 Å². The molecule has 0 spiro atoms. The van der Waals surface area contributed by atoms with Gasteiger partial charge in [0, 0.05) is 22.4 Å². The van der Waals surface area contributed by atoms with Crippen LogP contribution in [0.15, 0.2) is 51.4 Å². The number of pyridine rings is 1. The first-order valence-electron chi connectivity index (χ1n) is 6.32. The van der Waals surface area contributed by atoms with Gasteiger partial charge < -0.3 is 4.55 Å². The van der Waals surface area contributed by atoms with Crippen molar-refractivity contribution >= 4 is 32.3 Å². The normalized spacial score (nSPS) is 23.1. The zero-order valence-electron chi connectivity index (χ0n) is 11.1. The van der Waals surface area contributed by atoms with Gasteiger partial charge in [-0.15, -0.1) is 0 Å². The van der Waals surface area contributed by atoms with Crippen LogP contribution in [0.4, 0.5) is 13.2 Å². The van der Waals surface area contributed by atoms with Gasteiger partial charge in [0.15, 0.2) is 0 Å². The molecule has 0 aliphatic carbocycles. The fourth-order valence-electron chi connectivity index (χ4n) is 2.41. The van der Waals surface area contributed by atoms with Gasteiger partial charge in [0.1, 0.15) is 4.60 Å². The summed E-state index contributed by atoms with van der Waals surface area (Å²) >= 11 is 3.16. The van der Waals surface area contributed by atoms with Gasteiger partial charge in [0.05, 0.1) is 5.56 Å². The average molecular weight is 390 g/mol. The monoisotopic (exact) mass is 389 g/mol. The highest BCUT2D eigenvalue weighted by Gasteiger charge is 2.42. The third-order valence-electron chi connectivity index (χ3n) is 3.37. The molecule has 0 fully saturated rings. The van der Waals surface area contributed by atoms with Crippen molar-refractivity contribution in [1.29, 1.82) is 0 Å². The van der Waals surface area contributed by atoms with Crippen LogP contribution in [0.3, 0.4) is 0 Å². The van der Waals surface area contributed by atoms with Gasteiger partial charge in [-0.2, -0.15) is 13.2 Å². The van der Waals surface area contributed by atoms with Crippen LogP contribution in [0.5, 0.6) is 0 Å². The van der Waals surface area contributed by atoms with Gasteiger partial charge in [0.2, 0.25) is 0 Å². The number of halogens is 4. The van der Waals surface area contributed by atoms with E-state index < -0.39 is 22.0 Å². The van der Waals surface area contributed by atoms with Gasteiger partial charge in [-0.1, -0.05) is 40.6 Å². The van der Waals surface area contributed by atoms with Crippen molar-refractivity contribution < 1.29 is 17.7 Å². The van der Waals surface area contributed by atoms with Gasteiger partial charge in [0.25, 0.3) is 0 Å². The van der Waals surface area contributed by atoms with E-state index in [0.717, 1.165) is 11.8 Å². The number of benzene rings is 1. The third kappa shape index (κ3) is 2.68. The number of hydrogen-bond acceptors (Lipinski definition) is 2. The van der Waals surface area contributed by atoms with Crippen molar-refractivity contribution in [3.05, 3.63) is 63.2 Å². The van der Waals surface area contributed by atoms with E-state index in [4.69, 9.17) is 0 Å². The van der Waals surface area contributed by atoms with E-state index >= 15 is 0 Å². The summed E-state index contributed by atoms with van der Waals surface area (Å²) in [6.07, 6.45) is -2.26. The quantitative estimate of drug-likeness (QED) is 0.669. The molecule has 1 aromatic carbocycles. The predicted octanol–water partition coefficient (Wildman–Crippen LogP) is 5.68. The van der Waals surface area contributed by atoms with Crippen LogP contribution in [0, 0.1) is 0 Å². The van der Waals surface area contributed by atoms with E-state index in [9.17, 15) is 17.7 Å². The Morgan fingerprint density at radius 2 is 1.86 bits per heavy atom. The lowest BCUT2D eigenvalue weighted by molar-refractivity contribution is -0.140. The molecular formula is C15H11BrF3NOS. The molecule has 1 aromatic heterocycles. The van der Waals surface area contributed by atoms with E-state index in [2.05, 4.69) is 20.9 Å². The molecule has 116 valence electrons. The predicted molar refractivity (Wildman–Crippen MR) is 84.6 cm³/mol. The van der Waals surface area contributed by atoms with Crippen LogP contribution in [0.2, 0.25) is 0 Å². The number of rotatable bonds is 2. The number of nitrogens with zero attached hydrogens (tertiary/aromatic N) is 1. The lowest BCUT2D eigenvalue weighted by Crippen LogP contribution is -2.13. The van der Waals surface area contributed by atoms with Crippen molar-refractivity contribution in [1.82, 2.24) is 4.98 Å². The topological polar surface area (TPSA) is 33.1 Å². The molecule has 0 radical (unpaired) electrons. The molecule has 1 aliphatic heterocycles. The van der Waals surface area contributed by atoms with Gasteiger partial charge >= 0.3 is 6.18 Å². The summed E-state index contributed by atoms with van der Waals surface area (Å²) in [6.45, 7) is 0. The smallest absolute Gasteiger partial charge is 0.343 e. The maximum absolute atomic E-state index is 13.3. The second-order valence-corrected chi connectivity index (χ2v) is 8.12. The highest BCUT2D eigenvalue weighted by atomic mass is 79.9. The van der Waals surface area contributed by atoms with E-state index in [1.54, 1.807) is 24.3 Å². The van der Waals surface area contributed by atoms with Crippen molar-refractivity contribution in [2.24, 2.45) is 0 Å². The summed E-state index contributed by atoms with van der Waals surface area (Å²) in [4.78, 5) is 3.67. The fraction of sp³-hybridized carbons (Fsp3) is 0.133. The Kier molecular flexibility index (Phi) is 3.82. The molecule has 1 unspecified atom stereocenters. The van der Waals surface area contributed by atoms with Crippen LogP contribution < -0.4 is 0 Å². The van der Waals surface area contributed by atoms with Crippen molar-refractivity contribution in [2.75, 3.05) is 0 Å². The Morgan fingerprint density at radius 1 is 1.18 bits per heavy atom. The summed E-state index contributed by atoms with van der Waals surface area (Å²) in [5.41, 5.74) is 0.228. The van der Waals surface area contributed by atoms with E-state index in [1.807, 2.05) is 6.07 Å². The van der Waals surface area contributed by atoms with E-state index in [0.29, 0.717) is 10.2 Å². The third-order valence-corrected chi connectivity index (χ3v) is 6.51. The van der Waals surface area contributed by atoms with Crippen LogP contribution in [0.1, 0.15) is 16.7 Å². The summed E-state index contributed by atoms with van der Waals surface area (Å²) in [7, 11) is -2.72. The Morgan fingerprint density at radius 3 is 2.50 bits per heavy atom. The molecule has 3 rings (SSSR count). The molecule has 1 atom stereocenters. The molecule has 0 amide bonds. The van der Waals surface area contributed by atoms with Crippen molar-refractivity contribution in [2.45, 2.75) is 16.8 Å². The summed E-state index contributed by atoms with van der Waals surface area (Å²) in [5, 5.41) is 1.48. The number of hydrogen-bond donors (Lipinski definition) is 1. The zero-order valence-corrected chi connectivity index (χ0v) is 13.5. The molecule has 2 aromatic rings. The Bertz CT molecular complexity index is 748. The SMILES string of the molecule is OS1(Cc2ccccc2)C=Cc2c(Br)ncc(C(F)(F)F)c21. The standard InChI is InChI=1S/C15H11BrF3NOS/c16-14-11-6-7-22(21,9-10-4-2-1-3-5-10)13(11)12(8-20-14)15(17,18)19/h1-8,21H,9H2. The maximum Gasteiger partial charge on any atom is 0.419 e. The lowest BCUT2D eigenvalue weighted by atomic mass is 10.2. The Hall–Kier alpha value is -1.31. The van der Waals surface area contributed by atoms with E-state index in [1.165, 1.54) is 11.5 Å². The molecule has 1 N–H and O–H groups in total.